The van der Waals surface area contributed by atoms with E-state index in [2.05, 4.69) is 44.8 Å². The molecule has 0 unspecified atom stereocenters. The third-order valence-electron chi connectivity index (χ3n) is 2.95. The van der Waals surface area contributed by atoms with Gasteiger partial charge >= 0.3 is 0 Å². The van der Waals surface area contributed by atoms with E-state index in [-0.39, 0.29) is 0 Å². The summed E-state index contributed by atoms with van der Waals surface area (Å²) >= 11 is 0. The highest BCUT2D eigenvalue weighted by molar-refractivity contribution is 4.64. The number of hydrogen-bond donors (Lipinski definition) is 1. The van der Waals surface area contributed by atoms with Gasteiger partial charge in [0.05, 0.1) is 0 Å². The van der Waals surface area contributed by atoms with Crippen LogP contribution >= 0.6 is 0 Å². The number of rotatable bonds is 13. The van der Waals surface area contributed by atoms with Crippen LogP contribution in [0, 0.1) is 11.8 Å². The first-order chi connectivity index (χ1) is 9.06. The van der Waals surface area contributed by atoms with Gasteiger partial charge < -0.3 is 15.0 Å². The third-order valence-corrected chi connectivity index (χ3v) is 2.95. The van der Waals surface area contributed by atoms with Crippen molar-refractivity contribution in [1.82, 2.24) is 10.2 Å². The highest BCUT2D eigenvalue weighted by atomic mass is 16.5. The number of nitrogens with zero attached hydrogens (tertiary/aromatic N) is 1. The van der Waals surface area contributed by atoms with Crippen LogP contribution in [0.2, 0.25) is 0 Å². The zero-order valence-electron chi connectivity index (χ0n) is 13.9. The maximum Gasteiger partial charge on any atom is 0.0466 e. The summed E-state index contributed by atoms with van der Waals surface area (Å²) in [7, 11) is 0. The lowest BCUT2D eigenvalue weighted by molar-refractivity contribution is 0.143. The van der Waals surface area contributed by atoms with Gasteiger partial charge in [-0.15, -0.1) is 0 Å². The van der Waals surface area contributed by atoms with E-state index < -0.39 is 0 Å². The molecule has 0 heterocycles. The van der Waals surface area contributed by atoms with Crippen molar-refractivity contribution in [3.63, 3.8) is 0 Å². The monoisotopic (exact) mass is 272 g/mol. The predicted octanol–water partition coefficient (Wildman–Crippen LogP) is 3.01. The number of nitrogens with one attached hydrogen (secondary N) is 1. The molecule has 0 aliphatic carbocycles. The second-order valence-electron chi connectivity index (χ2n) is 6.20. The summed E-state index contributed by atoms with van der Waals surface area (Å²) in [6.07, 6.45) is 2.39. The molecule has 0 bridgehead atoms. The standard InChI is InChI=1S/C16H36N2O/c1-6-19-12-8-7-9-17-10-11-18(13-15(2)3)14-16(4)5/h15-17H,6-14H2,1-5H3. The Hall–Kier alpha value is -0.120. The molecule has 1 N–H and O–H groups in total. The molecule has 0 spiro atoms. The Balaban J connectivity index is 3.52. The van der Waals surface area contributed by atoms with Crippen LogP contribution in [0.15, 0.2) is 0 Å². The van der Waals surface area contributed by atoms with Crippen LogP contribution in [-0.2, 0) is 4.74 Å². The van der Waals surface area contributed by atoms with Crippen LogP contribution in [0.1, 0.15) is 47.5 Å². The first-order valence-electron chi connectivity index (χ1n) is 8.07. The van der Waals surface area contributed by atoms with E-state index in [1.807, 2.05) is 0 Å². The average molecular weight is 272 g/mol. The molecule has 0 rings (SSSR count). The molecule has 0 aromatic carbocycles. The molecule has 0 aromatic heterocycles. The van der Waals surface area contributed by atoms with E-state index >= 15 is 0 Å². The minimum absolute atomic E-state index is 0.755. The highest BCUT2D eigenvalue weighted by Crippen LogP contribution is 2.02. The van der Waals surface area contributed by atoms with Gasteiger partial charge in [-0.2, -0.15) is 0 Å². The quantitative estimate of drug-likeness (QED) is 0.522. The predicted molar refractivity (Wildman–Crippen MR) is 84.7 cm³/mol. The SMILES string of the molecule is CCOCCCCNCCN(CC(C)C)CC(C)C. The Labute approximate surface area is 121 Å². The van der Waals surface area contributed by atoms with Crippen molar-refractivity contribution < 1.29 is 4.74 Å². The van der Waals surface area contributed by atoms with E-state index in [4.69, 9.17) is 4.74 Å². The summed E-state index contributed by atoms with van der Waals surface area (Å²) in [6, 6.07) is 0. The normalized spacial score (nSPS) is 12.0. The highest BCUT2D eigenvalue weighted by Gasteiger charge is 2.08. The Bertz CT molecular complexity index is 174. The average Bonchev–Trinajstić information content (AvgIpc) is 2.30. The molecular weight excluding hydrogens is 236 g/mol. The fraction of sp³-hybridized carbons (Fsp3) is 1.00. The van der Waals surface area contributed by atoms with Crippen LogP contribution in [-0.4, -0.2) is 50.8 Å². The molecule has 0 atom stereocenters. The van der Waals surface area contributed by atoms with E-state index in [0.717, 1.165) is 38.1 Å². The zero-order chi connectivity index (χ0) is 14.5. The lowest BCUT2D eigenvalue weighted by atomic mass is 10.1. The summed E-state index contributed by atoms with van der Waals surface area (Å²) in [5.74, 6) is 1.51. The van der Waals surface area contributed by atoms with Crippen molar-refractivity contribution in [3.8, 4) is 0 Å². The fourth-order valence-electron chi connectivity index (χ4n) is 2.25. The molecule has 3 nitrogen and oxygen atoms in total. The van der Waals surface area contributed by atoms with Crippen molar-refractivity contribution >= 4 is 0 Å². The van der Waals surface area contributed by atoms with Gasteiger partial charge in [0.15, 0.2) is 0 Å². The summed E-state index contributed by atoms with van der Waals surface area (Å²) in [4.78, 5) is 2.59. The Morgan fingerprint density at radius 2 is 1.58 bits per heavy atom. The Morgan fingerprint density at radius 1 is 0.947 bits per heavy atom. The fourth-order valence-corrected chi connectivity index (χ4v) is 2.25. The number of ether oxygens (including phenoxy) is 1. The van der Waals surface area contributed by atoms with E-state index in [0.29, 0.717) is 0 Å². The smallest absolute Gasteiger partial charge is 0.0466 e. The lowest BCUT2D eigenvalue weighted by Crippen LogP contribution is -2.37. The van der Waals surface area contributed by atoms with Gasteiger partial charge in [0.1, 0.15) is 0 Å². The van der Waals surface area contributed by atoms with Crippen molar-refractivity contribution in [2.45, 2.75) is 47.5 Å². The van der Waals surface area contributed by atoms with Gasteiger partial charge in [-0.3, -0.25) is 0 Å². The van der Waals surface area contributed by atoms with Crippen LogP contribution in [0.25, 0.3) is 0 Å². The molecule has 0 aliphatic heterocycles. The lowest BCUT2D eigenvalue weighted by Gasteiger charge is -2.26. The third kappa shape index (κ3) is 14.1. The minimum atomic E-state index is 0.755. The summed E-state index contributed by atoms with van der Waals surface area (Å²) < 4.78 is 5.33. The molecule has 0 radical (unpaired) electrons. The van der Waals surface area contributed by atoms with Crippen molar-refractivity contribution in [3.05, 3.63) is 0 Å². The molecular formula is C16H36N2O. The minimum Gasteiger partial charge on any atom is -0.382 e. The van der Waals surface area contributed by atoms with Gasteiger partial charge in [-0.25, -0.2) is 0 Å². The summed E-state index contributed by atoms with van der Waals surface area (Å²) in [5, 5.41) is 3.54. The zero-order valence-corrected chi connectivity index (χ0v) is 13.9. The molecule has 0 amide bonds. The van der Waals surface area contributed by atoms with Crippen LogP contribution < -0.4 is 5.32 Å². The molecule has 0 saturated carbocycles. The van der Waals surface area contributed by atoms with Crippen molar-refractivity contribution in [1.29, 1.82) is 0 Å². The molecule has 3 heteroatoms. The maximum absolute atomic E-state index is 5.33. The largest absolute Gasteiger partial charge is 0.382 e. The van der Waals surface area contributed by atoms with Gasteiger partial charge in [0, 0.05) is 39.4 Å². The van der Waals surface area contributed by atoms with Crippen LogP contribution in [0.4, 0.5) is 0 Å². The van der Waals surface area contributed by atoms with Gasteiger partial charge in [0.25, 0.3) is 0 Å². The molecule has 0 aromatic rings. The van der Waals surface area contributed by atoms with Gasteiger partial charge in [0.2, 0.25) is 0 Å². The first-order valence-corrected chi connectivity index (χ1v) is 8.07. The van der Waals surface area contributed by atoms with E-state index in [1.165, 1.54) is 32.5 Å². The maximum atomic E-state index is 5.33. The molecule has 0 aliphatic rings. The molecule has 0 saturated heterocycles. The topological polar surface area (TPSA) is 24.5 Å². The van der Waals surface area contributed by atoms with Gasteiger partial charge in [-0.05, 0) is 38.1 Å². The van der Waals surface area contributed by atoms with Crippen molar-refractivity contribution in [2.24, 2.45) is 11.8 Å². The Morgan fingerprint density at radius 3 is 2.11 bits per heavy atom. The molecule has 19 heavy (non-hydrogen) atoms. The molecule has 0 fully saturated rings. The van der Waals surface area contributed by atoms with Crippen LogP contribution in [0.5, 0.6) is 0 Å². The Kier molecular flexibility index (Phi) is 12.8. The molecule has 116 valence electrons. The van der Waals surface area contributed by atoms with E-state index in [9.17, 15) is 0 Å². The second-order valence-corrected chi connectivity index (χ2v) is 6.20. The second kappa shape index (κ2) is 12.9. The van der Waals surface area contributed by atoms with Gasteiger partial charge in [-0.1, -0.05) is 27.7 Å². The van der Waals surface area contributed by atoms with Crippen molar-refractivity contribution in [2.75, 3.05) is 45.9 Å². The van der Waals surface area contributed by atoms with Crippen LogP contribution in [0.3, 0.4) is 0 Å². The first kappa shape index (κ1) is 18.9. The summed E-state index contributed by atoms with van der Waals surface area (Å²) in [6.45, 7) is 18.8. The number of hydrogen-bond acceptors (Lipinski definition) is 3. The number of unbranched alkanes of at least 4 members (excludes halogenated alkanes) is 1. The van der Waals surface area contributed by atoms with E-state index in [1.54, 1.807) is 0 Å². The summed E-state index contributed by atoms with van der Waals surface area (Å²) in [5.41, 5.74) is 0.